The molecule has 0 spiro atoms. The quantitative estimate of drug-likeness (QED) is 0.689. The third kappa shape index (κ3) is 2.36. The highest BCUT2D eigenvalue weighted by Gasteiger charge is 2.44. The largest absolute Gasteiger partial charge is 0.469 e. The molecular formula is C12H20O4. The van der Waals surface area contributed by atoms with E-state index in [2.05, 4.69) is 0 Å². The van der Waals surface area contributed by atoms with Crippen LogP contribution in [-0.4, -0.2) is 26.2 Å². The van der Waals surface area contributed by atoms with Gasteiger partial charge < -0.3 is 9.47 Å². The Morgan fingerprint density at radius 2 is 1.81 bits per heavy atom. The van der Waals surface area contributed by atoms with Crippen molar-refractivity contribution in [3.8, 4) is 0 Å². The fourth-order valence-corrected chi connectivity index (χ4v) is 2.70. The lowest BCUT2D eigenvalue weighted by Gasteiger charge is -2.24. The van der Waals surface area contributed by atoms with Crippen LogP contribution in [-0.2, 0) is 19.1 Å². The molecule has 4 nitrogen and oxygen atoms in total. The van der Waals surface area contributed by atoms with Crippen LogP contribution in [0.3, 0.4) is 0 Å². The molecule has 4 atom stereocenters. The maximum Gasteiger partial charge on any atom is 0.309 e. The fraction of sp³-hybridized carbons (Fsp3) is 0.833. The van der Waals surface area contributed by atoms with Gasteiger partial charge in [-0.25, -0.2) is 0 Å². The summed E-state index contributed by atoms with van der Waals surface area (Å²) < 4.78 is 9.54. The van der Waals surface area contributed by atoms with Gasteiger partial charge in [-0.15, -0.1) is 0 Å². The van der Waals surface area contributed by atoms with Crippen LogP contribution in [0.5, 0.6) is 0 Å². The molecule has 4 heteroatoms. The standard InChI is InChI=1S/C12H20O4/c1-7-5-6-9(8(2)11(13)15-3)10(7)12(14)16-4/h7-10H,5-6H2,1-4H3/t7-,8-,9+,10-/m1/s1. The first-order valence-corrected chi connectivity index (χ1v) is 5.68. The summed E-state index contributed by atoms with van der Waals surface area (Å²) in [6, 6.07) is 0. The number of rotatable bonds is 3. The summed E-state index contributed by atoms with van der Waals surface area (Å²) in [4.78, 5) is 23.2. The molecule has 0 aromatic carbocycles. The zero-order valence-corrected chi connectivity index (χ0v) is 10.4. The SMILES string of the molecule is COC(=O)[C@H]1[C@H]([C@@H](C)C(=O)OC)CC[C@H]1C. The highest BCUT2D eigenvalue weighted by molar-refractivity contribution is 5.77. The molecular weight excluding hydrogens is 208 g/mol. The summed E-state index contributed by atoms with van der Waals surface area (Å²) in [6.07, 6.45) is 1.85. The van der Waals surface area contributed by atoms with E-state index in [-0.39, 0.29) is 35.6 Å². The Morgan fingerprint density at radius 3 is 2.31 bits per heavy atom. The van der Waals surface area contributed by atoms with Crippen molar-refractivity contribution >= 4 is 11.9 Å². The fourth-order valence-electron chi connectivity index (χ4n) is 2.70. The molecule has 0 unspecified atom stereocenters. The zero-order chi connectivity index (χ0) is 12.3. The van der Waals surface area contributed by atoms with Crippen molar-refractivity contribution in [3.05, 3.63) is 0 Å². The molecule has 0 heterocycles. The van der Waals surface area contributed by atoms with Crippen molar-refractivity contribution in [1.29, 1.82) is 0 Å². The van der Waals surface area contributed by atoms with Crippen LogP contribution in [0.4, 0.5) is 0 Å². The first kappa shape index (κ1) is 13.0. The lowest BCUT2D eigenvalue weighted by atomic mass is 9.82. The van der Waals surface area contributed by atoms with Gasteiger partial charge in [-0.2, -0.15) is 0 Å². The van der Waals surface area contributed by atoms with Crippen molar-refractivity contribution in [1.82, 2.24) is 0 Å². The lowest BCUT2D eigenvalue weighted by Crippen LogP contribution is -2.32. The van der Waals surface area contributed by atoms with Gasteiger partial charge in [-0.1, -0.05) is 13.8 Å². The van der Waals surface area contributed by atoms with Crippen LogP contribution < -0.4 is 0 Å². The highest BCUT2D eigenvalue weighted by Crippen LogP contribution is 2.42. The van der Waals surface area contributed by atoms with Crippen molar-refractivity contribution in [2.75, 3.05) is 14.2 Å². The molecule has 1 fully saturated rings. The summed E-state index contributed by atoms with van der Waals surface area (Å²) >= 11 is 0. The average molecular weight is 228 g/mol. The van der Waals surface area contributed by atoms with Crippen LogP contribution in [0.2, 0.25) is 0 Å². The number of hydrogen-bond donors (Lipinski definition) is 0. The maximum absolute atomic E-state index is 11.7. The minimum atomic E-state index is -0.243. The van der Waals surface area contributed by atoms with Gasteiger partial charge in [0.1, 0.15) is 0 Å². The van der Waals surface area contributed by atoms with Crippen molar-refractivity contribution < 1.29 is 19.1 Å². The normalized spacial score (nSPS) is 30.9. The number of carbonyl (C=O) groups is 2. The van der Waals surface area contributed by atoms with Crippen molar-refractivity contribution in [2.24, 2.45) is 23.7 Å². The molecule has 0 aliphatic heterocycles. The van der Waals surface area contributed by atoms with E-state index in [9.17, 15) is 9.59 Å². The molecule has 16 heavy (non-hydrogen) atoms. The number of hydrogen-bond acceptors (Lipinski definition) is 4. The molecule has 1 aliphatic carbocycles. The number of esters is 2. The number of carbonyl (C=O) groups excluding carboxylic acids is 2. The third-order valence-corrected chi connectivity index (χ3v) is 3.72. The van der Waals surface area contributed by atoms with Gasteiger partial charge in [0.25, 0.3) is 0 Å². The topological polar surface area (TPSA) is 52.6 Å². The first-order chi connectivity index (χ1) is 7.52. The first-order valence-electron chi connectivity index (χ1n) is 5.68. The van der Waals surface area contributed by atoms with Gasteiger partial charge in [-0.05, 0) is 24.7 Å². The molecule has 0 radical (unpaired) electrons. The zero-order valence-electron chi connectivity index (χ0n) is 10.4. The smallest absolute Gasteiger partial charge is 0.309 e. The maximum atomic E-state index is 11.7. The summed E-state index contributed by atoms with van der Waals surface area (Å²) in [6.45, 7) is 3.86. The second-order valence-electron chi connectivity index (χ2n) is 4.58. The Morgan fingerprint density at radius 1 is 1.19 bits per heavy atom. The monoisotopic (exact) mass is 228 g/mol. The second kappa shape index (κ2) is 5.32. The van der Waals surface area contributed by atoms with Gasteiger partial charge in [-0.3, -0.25) is 9.59 Å². The van der Waals surface area contributed by atoms with E-state index in [1.54, 1.807) is 0 Å². The van der Waals surface area contributed by atoms with E-state index in [1.165, 1.54) is 14.2 Å². The van der Waals surface area contributed by atoms with Crippen molar-refractivity contribution in [3.63, 3.8) is 0 Å². The Bertz CT molecular complexity index is 274. The Hall–Kier alpha value is -1.06. The van der Waals surface area contributed by atoms with Gasteiger partial charge in [0, 0.05) is 0 Å². The molecule has 92 valence electrons. The second-order valence-corrected chi connectivity index (χ2v) is 4.58. The molecule has 0 amide bonds. The Kier molecular flexibility index (Phi) is 4.33. The van der Waals surface area contributed by atoms with Gasteiger partial charge in [0.05, 0.1) is 26.1 Å². The molecule has 0 N–H and O–H groups in total. The predicted molar refractivity (Wildman–Crippen MR) is 58.6 cm³/mol. The van der Waals surface area contributed by atoms with Crippen LogP contribution in [0.25, 0.3) is 0 Å². The molecule has 1 saturated carbocycles. The van der Waals surface area contributed by atoms with E-state index in [4.69, 9.17) is 9.47 Å². The summed E-state index contributed by atoms with van der Waals surface area (Å²) in [5, 5.41) is 0. The van der Waals surface area contributed by atoms with E-state index >= 15 is 0 Å². The van der Waals surface area contributed by atoms with Crippen LogP contribution in [0.15, 0.2) is 0 Å². The predicted octanol–water partition coefficient (Wildman–Crippen LogP) is 1.63. The van der Waals surface area contributed by atoms with E-state index in [0.717, 1.165) is 12.8 Å². The average Bonchev–Trinajstić information content (AvgIpc) is 2.68. The van der Waals surface area contributed by atoms with Crippen molar-refractivity contribution in [2.45, 2.75) is 26.7 Å². The number of methoxy groups -OCH3 is 2. The Labute approximate surface area is 96.3 Å². The molecule has 1 aliphatic rings. The summed E-state index contributed by atoms with van der Waals surface area (Å²) in [5.74, 6) is -0.517. The molecule has 0 bridgehead atoms. The molecule has 0 aromatic rings. The molecule has 0 aromatic heterocycles. The number of ether oxygens (including phenoxy) is 2. The van der Waals surface area contributed by atoms with E-state index < -0.39 is 0 Å². The molecule has 0 saturated heterocycles. The summed E-state index contributed by atoms with van der Waals surface area (Å²) in [7, 11) is 2.78. The van der Waals surface area contributed by atoms with Crippen LogP contribution in [0.1, 0.15) is 26.7 Å². The molecule has 1 rings (SSSR count). The van der Waals surface area contributed by atoms with E-state index in [1.807, 2.05) is 13.8 Å². The minimum absolute atomic E-state index is 0.0508. The third-order valence-electron chi connectivity index (χ3n) is 3.72. The van der Waals surface area contributed by atoms with Gasteiger partial charge >= 0.3 is 11.9 Å². The van der Waals surface area contributed by atoms with E-state index in [0.29, 0.717) is 0 Å². The summed E-state index contributed by atoms with van der Waals surface area (Å²) in [5.41, 5.74) is 0. The van der Waals surface area contributed by atoms with Gasteiger partial charge in [0.2, 0.25) is 0 Å². The highest BCUT2D eigenvalue weighted by atomic mass is 16.5. The van der Waals surface area contributed by atoms with Crippen LogP contribution in [0, 0.1) is 23.7 Å². The van der Waals surface area contributed by atoms with Gasteiger partial charge in [0.15, 0.2) is 0 Å². The van der Waals surface area contributed by atoms with Crippen LogP contribution >= 0.6 is 0 Å². The minimum Gasteiger partial charge on any atom is -0.469 e. The Balaban J connectivity index is 2.79. The lowest BCUT2D eigenvalue weighted by molar-refractivity contribution is -0.152.